The van der Waals surface area contributed by atoms with Crippen molar-refractivity contribution in [3.63, 3.8) is 0 Å². The fourth-order valence-corrected chi connectivity index (χ4v) is 4.17. The molecule has 11 heteroatoms. The SMILES string of the molecule is COC(=O)C(Cc1cccc(CC(=NC(=O)OC(C)(C)C)C(=O)OCC[Si](C)(C)C)c1)=NC(=O)OCc1ccccc1. The van der Waals surface area contributed by atoms with E-state index in [1.807, 2.05) is 18.2 Å². The topological polar surface area (TPSA) is 130 Å². The van der Waals surface area contributed by atoms with E-state index in [1.165, 1.54) is 7.11 Å². The van der Waals surface area contributed by atoms with Gasteiger partial charge < -0.3 is 18.9 Å². The molecule has 0 radical (unpaired) electrons. The Balaban J connectivity index is 2.23. The molecule has 0 aliphatic heterocycles. The zero-order chi connectivity index (χ0) is 31.3. The number of nitrogens with zero attached hydrogens (tertiary/aromatic N) is 2. The highest BCUT2D eigenvalue weighted by atomic mass is 28.3. The van der Waals surface area contributed by atoms with Gasteiger partial charge in [-0.2, -0.15) is 9.98 Å². The fraction of sp³-hybridized carbons (Fsp3) is 0.419. The quantitative estimate of drug-likeness (QED) is 0.134. The summed E-state index contributed by atoms with van der Waals surface area (Å²) in [4.78, 5) is 57.9. The number of amides is 2. The largest absolute Gasteiger partial charge is 0.465 e. The van der Waals surface area contributed by atoms with Crippen LogP contribution in [-0.4, -0.2) is 62.9 Å². The highest BCUT2D eigenvalue weighted by Gasteiger charge is 2.22. The molecule has 0 aliphatic carbocycles. The Hall–Kier alpha value is -4.12. The van der Waals surface area contributed by atoms with E-state index in [0.717, 1.165) is 11.6 Å². The number of aliphatic imine (C=N–C) groups is 2. The highest BCUT2D eigenvalue weighted by Crippen LogP contribution is 2.14. The van der Waals surface area contributed by atoms with Crippen molar-refractivity contribution >= 4 is 43.6 Å². The third-order valence-corrected chi connectivity index (χ3v) is 7.23. The summed E-state index contributed by atoms with van der Waals surface area (Å²) in [6.45, 7) is 11.8. The number of methoxy groups -OCH3 is 1. The first-order valence-corrected chi connectivity index (χ1v) is 17.3. The number of ether oxygens (including phenoxy) is 4. The predicted octanol–water partition coefficient (Wildman–Crippen LogP) is 5.98. The molecule has 10 nitrogen and oxygen atoms in total. The maximum Gasteiger partial charge on any atom is 0.434 e. The van der Waals surface area contributed by atoms with Crippen molar-refractivity contribution in [1.29, 1.82) is 0 Å². The molecule has 2 aromatic carbocycles. The minimum absolute atomic E-state index is 0.000903. The van der Waals surface area contributed by atoms with Crippen molar-refractivity contribution in [3.05, 3.63) is 71.3 Å². The molecule has 2 amide bonds. The van der Waals surface area contributed by atoms with Gasteiger partial charge in [-0.3, -0.25) is 0 Å². The molecule has 2 aromatic rings. The fourth-order valence-electron chi connectivity index (χ4n) is 3.46. The predicted molar refractivity (Wildman–Crippen MR) is 163 cm³/mol. The summed E-state index contributed by atoms with van der Waals surface area (Å²) in [7, 11) is -0.266. The summed E-state index contributed by atoms with van der Waals surface area (Å²) in [5, 5.41) is 0. The monoisotopic (exact) mass is 596 g/mol. The Morgan fingerprint density at radius 3 is 1.83 bits per heavy atom. The second-order valence-corrected chi connectivity index (χ2v) is 17.4. The lowest BCUT2D eigenvalue weighted by molar-refractivity contribution is -0.135. The van der Waals surface area contributed by atoms with Crippen molar-refractivity contribution < 1.29 is 38.1 Å². The first-order chi connectivity index (χ1) is 19.6. The molecule has 0 heterocycles. The Kier molecular flexibility index (Phi) is 12.8. The summed E-state index contributed by atoms with van der Waals surface area (Å²) in [5.74, 6) is -1.49. The summed E-state index contributed by atoms with van der Waals surface area (Å²) >= 11 is 0. The molecule has 42 heavy (non-hydrogen) atoms. The molecule has 0 saturated carbocycles. The lowest BCUT2D eigenvalue weighted by Crippen LogP contribution is -2.28. The van der Waals surface area contributed by atoms with E-state index in [1.54, 1.807) is 57.2 Å². The zero-order valence-electron chi connectivity index (χ0n) is 25.4. The minimum atomic E-state index is -1.46. The summed E-state index contributed by atoms with van der Waals surface area (Å²) in [6, 6.07) is 16.7. The van der Waals surface area contributed by atoms with Gasteiger partial charge in [0, 0.05) is 20.9 Å². The molecule has 0 atom stereocenters. The van der Waals surface area contributed by atoms with Gasteiger partial charge in [0.15, 0.2) is 0 Å². The first kappa shape index (κ1) is 34.1. The zero-order valence-corrected chi connectivity index (χ0v) is 26.4. The van der Waals surface area contributed by atoms with E-state index in [9.17, 15) is 19.2 Å². The maximum absolute atomic E-state index is 12.9. The van der Waals surface area contributed by atoms with Gasteiger partial charge in [-0.1, -0.05) is 74.2 Å². The van der Waals surface area contributed by atoms with Gasteiger partial charge in [-0.25, -0.2) is 19.2 Å². The Morgan fingerprint density at radius 1 is 0.738 bits per heavy atom. The van der Waals surface area contributed by atoms with Crippen LogP contribution in [0.25, 0.3) is 0 Å². The maximum atomic E-state index is 12.9. The number of rotatable bonds is 11. The van der Waals surface area contributed by atoms with Crippen LogP contribution in [0.1, 0.15) is 37.5 Å². The van der Waals surface area contributed by atoms with Crippen molar-refractivity contribution in [1.82, 2.24) is 0 Å². The molecule has 226 valence electrons. The van der Waals surface area contributed by atoms with Crippen LogP contribution in [0, 0.1) is 0 Å². The van der Waals surface area contributed by atoms with Crippen LogP contribution in [0.5, 0.6) is 0 Å². The molecule has 0 N–H and O–H groups in total. The Bertz CT molecular complexity index is 1310. The van der Waals surface area contributed by atoms with E-state index in [2.05, 4.69) is 29.6 Å². The average molecular weight is 597 g/mol. The van der Waals surface area contributed by atoms with Gasteiger partial charge in [-0.15, -0.1) is 0 Å². The lowest BCUT2D eigenvalue weighted by Gasteiger charge is -2.18. The standard InChI is InChI=1S/C31H40N2O8Si/c1-31(2,3)41-30(37)33-26(28(35)39-16-17-42(5,6)7)20-24-15-11-14-23(18-24)19-25(27(34)38-4)32-29(36)40-21-22-12-9-8-10-13-22/h8-15,18H,16-17,19-21H2,1-7H3. The second-order valence-electron chi connectivity index (χ2n) is 11.7. The van der Waals surface area contributed by atoms with Gasteiger partial charge in [0.05, 0.1) is 13.7 Å². The smallest absolute Gasteiger partial charge is 0.434 e. The number of hydrogen-bond acceptors (Lipinski definition) is 8. The van der Waals surface area contributed by atoms with E-state index in [-0.39, 0.29) is 37.5 Å². The van der Waals surface area contributed by atoms with Crippen LogP contribution in [-0.2, 0) is 48.0 Å². The van der Waals surface area contributed by atoms with Crippen LogP contribution >= 0.6 is 0 Å². The number of hydrogen-bond donors (Lipinski definition) is 0. The van der Waals surface area contributed by atoms with Crippen molar-refractivity contribution in [2.45, 2.75) is 71.5 Å². The molecule has 0 saturated heterocycles. The molecular weight excluding hydrogens is 556 g/mol. The molecular formula is C31H40N2O8Si. The Morgan fingerprint density at radius 2 is 1.29 bits per heavy atom. The first-order valence-electron chi connectivity index (χ1n) is 13.6. The Labute approximate surface area is 248 Å². The molecule has 0 aromatic heterocycles. The van der Waals surface area contributed by atoms with Crippen LogP contribution in [0.2, 0.25) is 25.7 Å². The van der Waals surface area contributed by atoms with Crippen LogP contribution in [0.4, 0.5) is 9.59 Å². The lowest BCUT2D eigenvalue weighted by atomic mass is 10.0. The van der Waals surface area contributed by atoms with Gasteiger partial charge in [0.25, 0.3) is 0 Å². The molecule has 2 rings (SSSR count). The van der Waals surface area contributed by atoms with Gasteiger partial charge in [-0.05, 0) is 43.5 Å². The number of carbonyl (C=O) groups excluding carboxylic acids is 4. The van der Waals surface area contributed by atoms with Crippen molar-refractivity contribution in [2.75, 3.05) is 13.7 Å². The number of carbonyl (C=O) groups is 4. The van der Waals surface area contributed by atoms with Crippen LogP contribution in [0.3, 0.4) is 0 Å². The third kappa shape index (κ3) is 13.5. The molecule has 0 aliphatic rings. The minimum Gasteiger partial charge on any atom is -0.465 e. The summed E-state index contributed by atoms with van der Waals surface area (Å²) < 4.78 is 20.7. The summed E-state index contributed by atoms with van der Waals surface area (Å²) in [6.07, 6.45) is -1.89. The summed E-state index contributed by atoms with van der Waals surface area (Å²) in [5.41, 5.74) is 0.948. The normalized spacial score (nSPS) is 12.4. The van der Waals surface area contributed by atoms with Crippen LogP contribution in [0.15, 0.2) is 64.6 Å². The van der Waals surface area contributed by atoms with Gasteiger partial charge in [0.1, 0.15) is 23.6 Å². The second kappa shape index (κ2) is 15.8. The van der Waals surface area contributed by atoms with Gasteiger partial charge in [0.2, 0.25) is 0 Å². The number of esters is 2. The van der Waals surface area contributed by atoms with E-state index in [0.29, 0.717) is 11.1 Å². The molecule has 0 fully saturated rings. The van der Waals surface area contributed by atoms with E-state index in [4.69, 9.17) is 18.9 Å². The van der Waals surface area contributed by atoms with Crippen molar-refractivity contribution in [2.24, 2.45) is 9.98 Å². The highest BCUT2D eigenvalue weighted by molar-refractivity contribution is 6.76. The average Bonchev–Trinajstić information content (AvgIpc) is 2.89. The van der Waals surface area contributed by atoms with Crippen LogP contribution < -0.4 is 0 Å². The van der Waals surface area contributed by atoms with E-state index >= 15 is 0 Å². The molecule has 0 spiro atoms. The van der Waals surface area contributed by atoms with Gasteiger partial charge >= 0.3 is 24.1 Å². The third-order valence-electron chi connectivity index (χ3n) is 5.53. The van der Waals surface area contributed by atoms with E-state index < -0.39 is 37.8 Å². The van der Waals surface area contributed by atoms with Crippen molar-refractivity contribution in [3.8, 4) is 0 Å². The molecule has 0 bridgehead atoms. The molecule has 0 unspecified atom stereocenters. The number of benzene rings is 2.